The highest BCUT2D eigenvalue weighted by atomic mass is 79.9. The highest BCUT2D eigenvalue weighted by molar-refractivity contribution is 9.10. The average Bonchev–Trinajstić information content (AvgIpc) is 2.79. The van der Waals surface area contributed by atoms with Gasteiger partial charge in [-0.05, 0) is 60.5 Å². The van der Waals surface area contributed by atoms with Crippen molar-refractivity contribution in [2.45, 2.75) is 13.3 Å². The molecule has 160 valence electrons. The van der Waals surface area contributed by atoms with Gasteiger partial charge >= 0.3 is 0 Å². The van der Waals surface area contributed by atoms with Gasteiger partial charge in [-0.15, -0.1) is 0 Å². The van der Waals surface area contributed by atoms with Crippen LogP contribution in [0.1, 0.15) is 21.5 Å². The van der Waals surface area contributed by atoms with Crippen molar-refractivity contribution in [1.29, 1.82) is 0 Å². The predicted octanol–water partition coefficient (Wildman–Crippen LogP) is 4.22. The van der Waals surface area contributed by atoms with Crippen LogP contribution in [0.25, 0.3) is 0 Å². The van der Waals surface area contributed by atoms with Crippen LogP contribution >= 0.6 is 15.9 Å². The van der Waals surface area contributed by atoms with Crippen LogP contribution in [-0.4, -0.2) is 25.0 Å². The van der Waals surface area contributed by atoms with Crippen molar-refractivity contribution < 1.29 is 19.1 Å². The molecule has 0 radical (unpaired) electrons. The molecule has 0 aliphatic rings. The summed E-state index contributed by atoms with van der Waals surface area (Å²) in [5.41, 5.74) is 7.32. The van der Waals surface area contributed by atoms with E-state index in [9.17, 15) is 9.59 Å². The Kier molecular flexibility index (Phi) is 8.06. The van der Waals surface area contributed by atoms with E-state index in [0.29, 0.717) is 23.7 Å². The summed E-state index contributed by atoms with van der Waals surface area (Å²) in [5, 5.41) is 0. The lowest BCUT2D eigenvalue weighted by Gasteiger charge is -2.10. The molecule has 0 unspecified atom stereocenters. The minimum Gasteiger partial charge on any atom is -0.493 e. The van der Waals surface area contributed by atoms with Crippen molar-refractivity contribution in [3.8, 4) is 11.5 Å². The van der Waals surface area contributed by atoms with Gasteiger partial charge in [0.05, 0.1) is 6.61 Å². The van der Waals surface area contributed by atoms with Crippen molar-refractivity contribution in [3.05, 3.63) is 94.0 Å². The second-order valence-electron chi connectivity index (χ2n) is 6.81. The first kappa shape index (κ1) is 22.4. The smallest absolute Gasteiger partial charge is 0.276 e. The molecule has 3 aromatic rings. The van der Waals surface area contributed by atoms with E-state index in [4.69, 9.17) is 9.47 Å². The van der Waals surface area contributed by atoms with Crippen LogP contribution in [0, 0.1) is 6.92 Å². The number of aryl methyl sites for hydroxylation is 1. The van der Waals surface area contributed by atoms with Crippen LogP contribution < -0.4 is 20.3 Å². The Morgan fingerprint density at radius 2 is 1.58 bits per heavy atom. The summed E-state index contributed by atoms with van der Waals surface area (Å²) in [5.74, 6) is 0.359. The summed E-state index contributed by atoms with van der Waals surface area (Å²) in [4.78, 5) is 24.1. The van der Waals surface area contributed by atoms with Crippen LogP contribution in [0.15, 0.2) is 77.3 Å². The highest BCUT2D eigenvalue weighted by Gasteiger charge is 2.09. The van der Waals surface area contributed by atoms with Crippen LogP contribution in [-0.2, 0) is 11.2 Å². The Morgan fingerprint density at radius 1 is 0.871 bits per heavy atom. The summed E-state index contributed by atoms with van der Waals surface area (Å²) < 4.78 is 12.1. The molecule has 0 heterocycles. The van der Waals surface area contributed by atoms with Crippen molar-refractivity contribution in [3.63, 3.8) is 0 Å². The van der Waals surface area contributed by atoms with Crippen molar-refractivity contribution in [2.24, 2.45) is 0 Å². The standard InChI is InChI=1S/C24H23BrN2O4/c1-17-15-21(11-12-22(17)25)31-16-23(28)26-27-24(29)19-7-9-20(10-8-19)30-14-13-18-5-3-2-4-6-18/h2-12,15H,13-14,16H2,1H3,(H,26,28)(H,27,29). The van der Waals surface area contributed by atoms with Crippen LogP contribution in [0.2, 0.25) is 0 Å². The van der Waals surface area contributed by atoms with Gasteiger partial charge in [0.2, 0.25) is 0 Å². The first-order chi connectivity index (χ1) is 15.0. The fourth-order valence-electron chi connectivity index (χ4n) is 2.72. The molecule has 2 amide bonds. The number of hydrogen-bond acceptors (Lipinski definition) is 4. The topological polar surface area (TPSA) is 76.7 Å². The van der Waals surface area contributed by atoms with Gasteiger partial charge in [-0.25, -0.2) is 0 Å². The lowest BCUT2D eigenvalue weighted by atomic mass is 10.2. The molecule has 7 heteroatoms. The normalized spacial score (nSPS) is 10.3. The third-order valence-electron chi connectivity index (χ3n) is 4.43. The van der Waals surface area contributed by atoms with E-state index in [1.807, 2.05) is 37.3 Å². The van der Waals surface area contributed by atoms with Gasteiger partial charge in [0, 0.05) is 16.5 Å². The van der Waals surface area contributed by atoms with Gasteiger partial charge in [-0.3, -0.25) is 20.4 Å². The molecule has 2 N–H and O–H groups in total. The summed E-state index contributed by atoms with van der Waals surface area (Å²) >= 11 is 3.41. The zero-order chi connectivity index (χ0) is 22.1. The third-order valence-corrected chi connectivity index (χ3v) is 5.32. The van der Waals surface area contributed by atoms with E-state index in [1.165, 1.54) is 5.56 Å². The number of ether oxygens (including phenoxy) is 2. The molecule has 6 nitrogen and oxygen atoms in total. The Balaban J connectivity index is 1.39. The SMILES string of the molecule is Cc1cc(OCC(=O)NNC(=O)c2ccc(OCCc3ccccc3)cc2)ccc1Br. The van der Waals surface area contributed by atoms with Gasteiger partial charge in [0.1, 0.15) is 11.5 Å². The predicted molar refractivity (Wildman–Crippen MR) is 122 cm³/mol. The second kappa shape index (κ2) is 11.2. The summed E-state index contributed by atoms with van der Waals surface area (Å²) in [6.45, 7) is 2.26. The summed E-state index contributed by atoms with van der Waals surface area (Å²) in [7, 11) is 0. The van der Waals surface area contributed by atoms with Crippen molar-refractivity contribution in [1.82, 2.24) is 10.9 Å². The number of benzene rings is 3. The molecule has 0 saturated heterocycles. The van der Waals surface area contributed by atoms with E-state index in [0.717, 1.165) is 16.5 Å². The number of halogens is 1. The Hall–Kier alpha value is -3.32. The maximum Gasteiger partial charge on any atom is 0.276 e. The largest absolute Gasteiger partial charge is 0.493 e. The number of hydrogen-bond donors (Lipinski definition) is 2. The van der Waals surface area contributed by atoms with Crippen LogP contribution in [0.3, 0.4) is 0 Å². The minimum atomic E-state index is -0.463. The number of rotatable bonds is 8. The van der Waals surface area contributed by atoms with Gasteiger partial charge in [0.25, 0.3) is 11.8 Å². The highest BCUT2D eigenvalue weighted by Crippen LogP contribution is 2.21. The lowest BCUT2D eigenvalue weighted by Crippen LogP contribution is -2.43. The Bertz CT molecular complexity index is 1020. The van der Waals surface area contributed by atoms with E-state index < -0.39 is 11.8 Å². The Labute approximate surface area is 189 Å². The zero-order valence-corrected chi connectivity index (χ0v) is 18.6. The summed E-state index contributed by atoms with van der Waals surface area (Å²) in [6.07, 6.45) is 0.803. The fourth-order valence-corrected chi connectivity index (χ4v) is 2.97. The number of hydrazine groups is 1. The van der Waals surface area contributed by atoms with E-state index in [-0.39, 0.29) is 6.61 Å². The maximum atomic E-state index is 12.2. The maximum absolute atomic E-state index is 12.2. The van der Waals surface area contributed by atoms with Gasteiger partial charge in [-0.2, -0.15) is 0 Å². The molecule has 0 bridgehead atoms. The van der Waals surface area contributed by atoms with Crippen molar-refractivity contribution >= 4 is 27.7 Å². The van der Waals surface area contributed by atoms with Crippen LogP contribution in [0.4, 0.5) is 0 Å². The molecule has 0 aliphatic carbocycles. The van der Waals surface area contributed by atoms with E-state index in [1.54, 1.807) is 30.3 Å². The number of nitrogens with one attached hydrogen (secondary N) is 2. The van der Waals surface area contributed by atoms with Crippen molar-refractivity contribution in [2.75, 3.05) is 13.2 Å². The van der Waals surface area contributed by atoms with E-state index in [2.05, 4.69) is 38.9 Å². The number of amides is 2. The quantitative estimate of drug-likeness (QED) is 0.471. The molecule has 3 aromatic carbocycles. The summed E-state index contributed by atoms with van der Waals surface area (Å²) in [6, 6.07) is 22.2. The molecular formula is C24H23BrN2O4. The fraction of sp³-hybridized carbons (Fsp3) is 0.167. The van der Waals surface area contributed by atoms with Gasteiger partial charge < -0.3 is 9.47 Å². The minimum absolute atomic E-state index is 0.213. The van der Waals surface area contributed by atoms with Crippen LogP contribution in [0.5, 0.6) is 11.5 Å². The zero-order valence-electron chi connectivity index (χ0n) is 17.1. The molecule has 0 saturated carbocycles. The Morgan fingerprint density at radius 3 is 2.29 bits per heavy atom. The number of carbonyl (C=O) groups excluding carboxylic acids is 2. The average molecular weight is 483 g/mol. The second-order valence-corrected chi connectivity index (χ2v) is 7.66. The molecule has 3 rings (SSSR count). The molecule has 0 fully saturated rings. The molecule has 0 aliphatic heterocycles. The molecule has 31 heavy (non-hydrogen) atoms. The first-order valence-electron chi connectivity index (χ1n) is 9.76. The monoisotopic (exact) mass is 482 g/mol. The molecule has 0 atom stereocenters. The molecule has 0 aromatic heterocycles. The van der Waals surface area contributed by atoms with Gasteiger partial charge in [-0.1, -0.05) is 46.3 Å². The number of carbonyl (C=O) groups is 2. The molecular weight excluding hydrogens is 460 g/mol. The lowest BCUT2D eigenvalue weighted by molar-refractivity contribution is -0.123. The van der Waals surface area contributed by atoms with E-state index >= 15 is 0 Å². The third kappa shape index (κ3) is 7.15. The first-order valence-corrected chi connectivity index (χ1v) is 10.6. The molecule has 0 spiro atoms. The van der Waals surface area contributed by atoms with Gasteiger partial charge in [0.15, 0.2) is 6.61 Å².